The summed E-state index contributed by atoms with van der Waals surface area (Å²) >= 11 is 1.68. The monoisotopic (exact) mass is 337 g/mol. The zero-order valence-electron chi connectivity index (χ0n) is 14.6. The molecule has 3 heterocycles. The topological polar surface area (TPSA) is 49.6 Å². The quantitative estimate of drug-likeness (QED) is 0.589. The summed E-state index contributed by atoms with van der Waals surface area (Å²) in [6.45, 7) is 8.42. The second kappa shape index (κ2) is 8.50. The zero-order valence-corrected chi connectivity index (χ0v) is 15.4. The van der Waals surface area contributed by atoms with Crippen molar-refractivity contribution in [3.63, 3.8) is 0 Å². The molecule has 0 fully saturated rings. The highest BCUT2D eigenvalue weighted by Crippen LogP contribution is 2.33. The van der Waals surface area contributed by atoms with E-state index >= 15 is 0 Å². The van der Waals surface area contributed by atoms with Crippen LogP contribution >= 0.6 is 11.3 Å². The molecule has 0 aliphatic carbocycles. The number of hydrogen-bond donors (Lipinski definition) is 1. The summed E-state index contributed by atoms with van der Waals surface area (Å²) in [7, 11) is 0. The average molecular weight is 337 g/mol. The zero-order chi connectivity index (χ0) is 17.5. The van der Waals surface area contributed by atoms with E-state index in [1.165, 1.54) is 6.21 Å². The predicted octanol–water partition coefficient (Wildman–Crippen LogP) is 6.07. The van der Waals surface area contributed by atoms with E-state index in [1.54, 1.807) is 23.7 Å². The van der Waals surface area contributed by atoms with Crippen LogP contribution in [0.3, 0.4) is 0 Å². The number of pyridine rings is 2. The fraction of sp³-hybridized carbons (Fsp3) is 0.250. The fourth-order valence-corrected chi connectivity index (χ4v) is 3.02. The predicted molar refractivity (Wildman–Crippen MR) is 106 cm³/mol. The van der Waals surface area contributed by atoms with Gasteiger partial charge in [0, 0.05) is 35.1 Å². The van der Waals surface area contributed by atoms with E-state index < -0.39 is 0 Å². The molecule has 124 valence electrons. The van der Waals surface area contributed by atoms with Crippen molar-refractivity contribution in [2.75, 3.05) is 0 Å². The van der Waals surface area contributed by atoms with Crippen LogP contribution in [0.5, 0.6) is 0 Å². The normalized spacial score (nSPS) is 11.3. The molecule has 0 aliphatic heterocycles. The lowest BCUT2D eigenvalue weighted by Gasteiger charge is -2.02. The van der Waals surface area contributed by atoms with Gasteiger partial charge in [0.05, 0.1) is 15.9 Å². The molecule has 0 atom stereocenters. The number of aromatic nitrogens is 2. The van der Waals surface area contributed by atoms with Gasteiger partial charge >= 0.3 is 0 Å². The number of hydrogen-bond acceptors (Lipinski definition) is 4. The number of thiophene rings is 1. The minimum Gasteiger partial charge on any atom is -0.308 e. The number of rotatable bonds is 3. The molecular weight excluding hydrogens is 314 g/mol. The SMILES string of the molecule is C/C=C(\C=N)c1ccc2scc(-c3ccncc3)c2n1.CC(C)C. The van der Waals surface area contributed by atoms with Gasteiger partial charge in [0.1, 0.15) is 0 Å². The summed E-state index contributed by atoms with van der Waals surface area (Å²) in [5, 5.41) is 9.57. The van der Waals surface area contributed by atoms with Crippen LogP contribution in [0.25, 0.3) is 26.9 Å². The van der Waals surface area contributed by atoms with Gasteiger partial charge < -0.3 is 5.41 Å². The van der Waals surface area contributed by atoms with Gasteiger partial charge in [-0.2, -0.15) is 0 Å². The van der Waals surface area contributed by atoms with Crippen LogP contribution in [0.4, 0.5) is 0 Å². The molecule has 0 aliphatic rings. The molecule has 0 saturated heterocycles. The Bertz CT molecular complexity index is 830. The van der Waals surface area contributed by atoms with Gasteiger partial charge in [-0.15, -0.1) is 11.3 Å². The van der Waals surface area contributed by atoms with Gasteiger partial charge in [-0.25, -0.2) is 4.98 Å². The number of allylic oxidation sites excluding steroid dienone is 2. The van der Waals surface area contributed by atoms with Gasteiger partial charge in [0.2, 0.25) is 0 Å². The molecule has 0 radical (unpaired) electrons. The van der Waals surface area contributed by atoms with Crippen molar-refractivity contribution < 1.29 is 0 Å². The van der Waals surface area contributed by atoms with Crippen LogP contribution in [0.2, 0.25) is 0 Å². The molecule has 0 bridgehead atoms. The van der Waals surface area contributed by atoms with Crippen molar-refractivity contribution in [3.05, 3.63) is 53.8 Å². The highest BCUT2D eigenvalue weighted by atomic mass is 32.1. The molecule has 0 saturated carbocycles. The minimum absolute atomic E-state index is 0.832. The molecule has 0 unspecified atom stereocenters. The molecule has 3 aromatic rings. The van der Waals surface area contributed by atoms with Gasteiger partial charge in [-0.05, 0) is 42.7 Å². The Morgan fingerprint density at radius 1 is 1.12 bits per heavy atom. The largest absolute Gasteiger partial charge is 0.308 e. The van der Waals surface area contributed by atoms with Gasteiger partial charge in [-0.1, -0.05) is 26.8 Å². The summed E-state index contributed by atoms with van der Waals surface area (Å²) in [6, 6.07) is 8.02. The van der Waals surface area contributed by atoms with E-state index in [2.05, 4.69) is 37.2 Å². The average Bonchev–Trinajstić information content (AvgIpc) is 2.99. The van der Waals surface area contributed by atoms with Crippen molar-refractivity contribution >= 4 is 33.3 Å². The molecule has 4 heteroatoms. The first-order valence-corrected chi connectivity index (χ1v) is 8.90. The Hall–Kier alpha value is -2.33. The van der Waals surface area contributed by atoms with E-state index in [4.69, 9.17) is 10.4 Å². The highest BCUT2D eigenvalue weighted by Gasteiger charge is 2.09. The first kappa shape index (κ1) is 18.0. The third kappa shape index (κ3) is 4.36. The molecule has 3 aromatic heterocycles. The Balaban J connectivity index is 0.000000471. The lowest BCUT2D eigenvalue weighted by molar-refractivity contribution is 0.737. The Morgan fingerprint density at radius 2 is 1.79 bits per heavy atom. The van der Waals surface area contributed by atoms with Crippen molar-refractivity contribution in [1.82, 2.24) is 9.97 Å². The van der Waals surface area contributed by atoms with E-state index in [9.17, 15) is 0 Å². The first-order valence-electron chi connectivity index (χ1n) is 8.02. The van der Waals surface area contributed by atoms with Crippen LogP contribution in [0.15, 0.2) is 48.1 Å². The number of nitrogens with one attached hydrogen (secondary N) is 1. The van der Waals surface area contributed by atoms with E-state index in [0.717, 1.165) is 38.5 Å². The third-order valence-electron chi connectivity index (χ3n) is 3.17. The lowest BCUT2D eigenvalue weighted by Crippen LogP contribution is -1.90. The second-order valence-corrected chi connectivity index (χ2v) is 6.96. The van der Waals surface area contributed by atoms with Crippen LogP contribution in [-0.4, -0.2) is 16.2 Å². The summed E-state index contributed by atoms with van der Waals surface area (Å²) < 4.78 is 1.15. The molecular formula is C20H23N3S. The second-order valence-electron chi connectivity index (χ2n) is 6.05. The van der Waals surface area contributed by atoms with Crippen molar-refractivity contribution in [2.45, 2.75) is 27.7 Å². The van der Waals surface area contributed by atoms with E-state index in [0.29, 0.717) is 0 Å². The van der Waals surface area contributed by atoms with Gasteiger partial charge in [0.25, 0.3) is 0 Å². The molecule has 0 amide bonds. The Labute approximate surface area is 147 Å². The van der Waals surface area contributed by atoms with Crippen molar-refractivity contribution in [3.8, 4) is 11.1 Å². The first-order chi connectivity index (χ1) is 11.6. The maximum absolute atomic E-state index is 7.45. The number of fused-ring (bicyclic) bond motifs is 1. The summed E-state index contributed by atoms with van der Waals surface area (Å²) in [6.07, 6.45) is 6.82. The molecule has 24 heavy (non-hydrogen) atoms. The summed E-state index contributed by atoms with van der Waals surface area (Å²) in [5.74, 6) is 0.833. The standard InChI is InChI=1S/C16H13N3S.C4H10/c1-2-11(9-17)14-3-4-15-16(19-14)13(10-20-15)12-5-7-18-8-6-12;1-4(2)3/h2-10,17H,1H3;4H,1-3H3/b11-2+,17-9?;. The Morgan fingerprint density at radius 3 is 2.38 bits per heavy atom. The maximum atomic E-state index is 7.45. The van der Waals surface area contributed by atoms with Gasteiger partial charge in [-0.3, -0.25) is 4.98 Å². The Kier molecular flexibility index (Phi) is 6.38. The summed E-state index contributed by atoms with van der Waals surface area (Å²) in [4.78, 5) is 8.78. The molecule has 0 spiro atoms. The van der Waals surface area contributed by atoms with E-state index in [1.807, 2.05) is 31.2 Å². The van der Waals surface area contributed by atoms with Gasteiger partial charge in [0.15, 0.2) is 0 Å². The van der Waals surface area contributed by atoms with Crippen molar-refractivity contribution in [1.29, 1.82) is 5.41 Å². The number of nitrogens with zero attached hydrogens (tertiary/aromatic N) is 2. The molecule has 0 aromatic carbocycles. The van der Waals surface area contributed by atoms with Crippen LogP contribution in [0, 0.1) is 11.3 Å². The third-order valence-corrected chi connectivity index (χ3v) is 4.11. The summed E-state index contributed by atoms with van der Waals surface area (Å²) in [5.41, 5.74) is 4.89. The molecule has 3 nitrogen and oxygen atoms in total. The van der Waals surface area contributed by atoms with Crippen LogP contribution in [-0.2, 0) is 0 Å². The maximum Gasteiger partial charge on any atom is 0.0895 e. The van der Waals surface area contributed by atoms with Crippen LogP contribution in [0.1, 0.15) is 33.4 Å². The lowest BCUT2D eigenvalue weighted by atomic mass is 10.1. The minimum atomic E-state index is 0.832. The molecule has 1 N–H and O–H groups in total. The van der Waals surface area contributed by atoms with E-state index in [-0.39, 0.29) is 0 Å². The smallest absolute Gasteiger partial charge is 0.0895 e. The molecule has 3 rings (SSSR count). The van der Waals surface area contributed by atoms with Crippen molar-refractivity contribution in [2.24, 2.45) is 5.92 Å². The van der Waals surface area contributed by atoms with Crippen LogP contribution < -0.4 is 0 Å². The highest BCUT2D eigenvalue weighted by molar-refractivity contribution is 7.17. The fourth-order valence-electron chi connectivity index (χ4n) is 2.11.